The van der Waals surface area contributed by atoms with Gasteiger partial charge in [-0.2, -0.15) is 0 Å². The lowest BCUT2D eigenvalue weighted by Crippen LogP contribution is -2.39. The second-order valence-corrected chi connectivity index (χ2v) is 5.64. The Labute approximate surface area is 141 Å². The number of nitro groups is 1. The SMILES string of the molecule is O=C(NCC(=O)N1CCC(C(=O)O)C1)c1c(Cl)cccc1[N+](=O)[O-]. The molecule has 1 fully saturated rings. The second kappa shape index (κ2) is 7.26. The summed E-state index contributed by atoms with van der Waals surface area (Å²) in [5.74, 6) is -2.88. The summed E-state index contributed by atoms with van der Waals surface area (Å²) in [5, 5.41) is 22.1. The van der Waals surface area contributed by atoms with Crippen molar-refractivity contribution in [3.05, 3.63) is 38.9 Å². The average molecular weight is 356 g/mol. The number of halogens is 1. The highest BCUT2D eigenvalue weighted by Gasteiger charge is 2.31. The van der Waals surface area contributed by atoms with E-state index >= 15 is 0 Å². The number of carbonyl (C=O) groups excluding carboxylic acids is 2. The van der Waals surface area contributed by atoms with Crippen molar-refractivity contribution < 1.29 is 24.4 Å². The van der Waals surface area contributed by atoms with Gasteiger partial charge in [0.25, 0.3) is 11.6 Å². The van der Waals surface area contributed by atoms with E-state index in [2.05, 4.69) is 5.32 Å². The van der Waals surface area contributed by atoms with E-state index in [1.807, 2.05) is 0 Å². The molecule has 0 saturated carbocycles. The lowest BCUT2D eigenvalue weighted by Gasteiger charge is -2.16. The highest BCUT2D eigenvalue weighted by atomic mass is 35.5. The van der Waals surface area contributed by atoms with Crippen LogP contribution in [0.3, 0.4) is 0 Å². The summed E-state index contributed by atoms with van der Waals surface area (Å²) in [6.45, 7) is -0.0261. The van der Waals surface area contributed by atoms with E-state index in [4.69, 9.17) is 16.7 Å². The molecule has 0 aromatic heterocycles. The van der Waals surface area contributed by atoms with Crippen LogP contribution >= 0.6 is 11.6 Å². The summed E-state index contributed by atoms with van der Waals surface area (Å²) in [5.41, 5.74) is -0.777. The lowest BCUT2D eigenvalue weighted by atomic mass is 10.1. The number of nitrogens with one attached hydrogen (secondary N) is 1. The van der Waals surface area contributed by atoms with Crippen LogP contribution in [0.15, 0.2) is 18.2 Å². The number of hydrogen-bond acceptors (Lipinski definition) is 5. The van der Waals surface area contributed by atoms with Crippen LogP contribution in [0.25, 0.3) is 0 Å². The van der Waals surface area contributed by atoms with E-state index in [0.29, 0.717) is 6.42 Å². The highest BCUT2D eigenvalue weighted by molar-refractivity contribution is 6.34. The lowest BCUT2D eigenvalue weighted by molar-refractivity contribution is -0.385. The Morgan fingerprint density at radius 3 is 2.71 bits per heavy atom. The molecule has 1 aliphatic rings. The molecule has 10 heteroatoms. The van der Waals surface area contributed by atoms with Crippen LogP contribution in [-0.4, -0.2) is 52.3 Å². The molecule has 2 rings (SSSR count). The number of carboxylic acid groups (broad SMARTS) is 1. The van der Waals surface area contributed by atoms with Gasteiger partial charge in [0.2, 0.25) is 5.91 Å². The summed E-state index contributed by atoms with van der Waals surface area (Å²) >= 11 is 5.84. The van der Waals surface area contributed by atoms with E-state index in [0.717, 1.165) is 6.07 Å². The minimum atomic E-state index is -0.971. The molecule has 1 saturated heterocycles. The molecular formula is C14H14ClN3O6. The molecule has 128 valence electrons. The number of carbonyl (C=O) groups is 3. The van der Waals surface area contributed by atoms with Gasteiger partial charge in [-0.1, -0.05) is 17.7 Å². The second-order valence-electron chi connectivity index (χ2n) is 5.24. The molecule has 0 spiro atoms. The predicted molar refractivity (Wildman–Crippen MR) is 82.8 cm³/mol. The zero-order valence-corrected chi connectivity index (χ0v) is 13.2. The van der Waals surface area contributed by atoms with Gasteiger partial charge < -0.3 is 15.3 Å². The third-order valence-corrected chi connectivity index (χ3v) is 4.02. The molecule has 1 aliphatic heterocycles. The number of amides is 2. The maximum absolute atomic E-state index is 12.1. The van der Waals surface area contributed by atoms with Gasteiger partial charge in [0.05, 0.1) is 22.4 Å². The summed E-state index contributed by atoms with van der Waals surface area (Å²) in [6, 6.07) is 3.82. The van der Waals surface area contributed by atoms with Crippen LogP contribution in [0.5, 0.6) is 0 Å². The first-order valence-corrected chi connectivity index (χ1v) is 7.40. The molecule has 2 N–H and O–H groups in total. The van der Waals surface area contributed by atoms with Gasteiger partial charge >= 0.3 is 5.97 Å². The summed E-state index contributed by atoms with van der Waals surface area (Å²) in [7, 11) is 0. The van der Waals surface area contributed by atoms with Crippen LogP contribution in [0.2, 0.25) is 5.02 Å². The fraction of sp³-hybridized carbons (Fsp3) is 0.357. The molecule has 1 heterocycles. The molecule has 2 amide bonds. The van der Waals surface area contributed by atoms with Crippen LogP contribution in [0, 0.1) is 16.0 Å². The van der Waals surface area contributed by atoms with Crippen molar-refractivity contribution in [2.45, 2.75) is 6.42 Å². The third-order valence-electron chi connectivity index (χ3n) is 3.71. The minimum absolute atomic E-state index is 0.0796. The fourth-order valence-corrected chi connectivity index (χ4v) is 2.69. The summed E-state index contributed by atoms with van der Waals surface area (Å²) in [6.07, 6.45) is 0.352. The number of benzene rings is 1. The number of nitrogens with zero attached hydrogens (tertiary/aromatic N) is 2. The van der Waals surface area contributed by atoms with Crippen molar-refractivity contribution in [3.8, 4) is 0 Å². The molecule has 1 aromatic rings. The Bertz CT molecular complexity index is 708. The van der Waals surface area contributed by atoms with Crippen molar-refractivity contribution >= 4 is 35.1 Å². The molecule has 9 nitrogen and oxygen atoms in total. The van der Waals surface area contributed by atoms with E-state index in [9.17, 15) is 24.5 Å². The van der Waals surface area contributed by atoms with Crippen molar-refractivity contribution in [2.24, 2.45) is 5.92 Å². The molecular weight excluding hydrogens is 342 g/mol. The van der Waals surface area contributed by atoms with Gasteiger partial charge in [-0.05, 0) is 12.5 Å². The van der Waals surface area contributed by atoms with Crippen molar-refractivity contribution in [3.63, 3.8) is 0 Å². The summed E-state index contributed by atoms with van der Waals surface area (Å²) < 4.78 is 0. The Balaban J connectivity index is 2.00. The van der Waals surface area contributed by atoms with Gasteiger partial charge in [-0.15, -0.1) is 0 Å². The normalized spacial score (nSPS) is 16.7. The zero-order valence-electron chi connectivity index (χ0n) is 12.4. The number of likely N-dealkylation sites (tertiary alicyclic amines) is 1. The monoisotopic (exact) mass is 355 g/mol. The molecule has 0 bridgehead atoms. The van der Waals surface area contributed by atoms with Gasteiger partial charge in [0.15, 0.2) is 0 Å². The predicted octanol–water partition coefficient (Wildman–Crippen LogP) is 0.911. The van der Waals surface area contributed by atoms with E-state index in [1.165, 1.54) is 17.0 Å². The number of nitro benzene ring substituents is 1. The van der Waals surface area contributed by atoms with Crippen molar-refractivity contribution in [1.29, 1.82) is 0 Å². The van der Waals surface area contributed by atoms with E-state index in [-0.39, 0.29) is 23.7 Å². The Morgan fingerprint density at radius 2 is 2.12 bits per heavy atom. The van der Waals surface area contributed by atoms with E-state index in [1.54, 1.807) is 0 Å². The zero-order chi connectivity index (χ0) is 17.9. The first-order valence-electron chi connectivity index (χ1n) is 7.03. The van der Waals surface area contributed by atoms with Gasteiger partial charge in [-0.3, -0.25) is 24.5 Å². The number of aliphatic carboxylic acids is 1. The van der Waals surface area contributed by atoms with E-state index < -0.39 is 40.9 Å². The molecule has 1 aromatic carbocycles. The van der Waals surface area contributed by atoms with Crippen LogP contribution in [0.4, 0.5) is 5.69 Å². The Hall–Kier alpha value is -2.68. The maximum Gasteiger partial charge on any atom is 0.308 e. The van der Waals surface area contributed by atoms with Gasteiger partial charge in [-0.25, -0.2) is 0 Å². The van der Waals surface area contributed by atoms with Crippen LogP contribution < -0.4 is 5.32 Å². The Morgan fingerprint density at radius 1 is 1.42 bits per heavy atom. The van der Waals surface area contributed by atoms with Gasteiger partial charge in [0.1, 0.15) is 5.56 Å². The molecule has 0 radical (unpaired) electrons. The molecule has 1 unspecified atom stereocenters. The fourth-order valence-electron chi connectivity index (χ4n) is 2.43. The minimum Gasteiger partial charge on any atom is -0.481 e. The maximum atomic E-state index is 12.1. The topological polar surface area (TPSA) is 130 Å². The third kappa shape index (κ3) is 3.80. The first kappa shape index (κ1) is 17.7. The first-order chi connectivity index (χ1) is 11.3. The molecule has 0 aliphatic carbocycles. The molecule has 24 heavy (non-hydrogen) atoms. The van der Waals surface area contributed by atoms with Crippen molar-refractivity contribution in [1.82, 2.24) is 10.2 Å². The smallest absolute Gasteiger partial charge is 0.308 e. The van der Waals surface area contributed by atoms with Crippen LogP contribution in [-0.2, 0) is 9.59 Å². The number of hydrogen-bond donors (Lipinski definition) is 2. The highest BCUT2D eigenvalue weighted by Crippen LogP contribution is 2.26. The summed E-state index contributed by atoms with van der Waals surface area (Å²) in [4.78, 5) is 46.6. The quantitative estimate of drug-likeness (QED) is 0.596. The number of rotatable bonds is 5. The average Bonchev–Trinajstić information content (AvgIpc) is 3.02. The molecule has 1 atom stereocenters. The van der Waals surface area contributed by atoms with Gasteiger partial charge in [0, 0.05) is 19.2 Å². The van der Waals surface area contributed by atoms with Crippen molar-refractivity contribution in [2.75, 3.05) is 19.6 Å². The van der Waals surface area contributed by atoms with Crippen LogP contribution in [0.1, 0.15) is 16.8 Å². The number of carboxylic acids is 1. The standard InChI is InChI=1S/C14H14ClN3O6/c15-9-2-1-3-10(18(23)24)12(9)13(20)16-6-11(19)17-5-4-8(7-17)14(21)22/h1-3,8H,4-7H2,(H,16,20)(H,21,22). The largest absolute Gasteiger partial charge is 0.481 e. The Kier molecular flexibility index (Phi) is 5.35.